The molecule has 0 aromatic heterocycles. The van der Waals surface area contributed by atoms with Gasteiger partial charge < -0.3 is 38.6 Å². The van der Waals surface area contributed by atoms with Gasteiger partial charge in [-0.25, -0.2) is 14.4 Å². The zero-order valence-corrected chi connectivity index (χ0v) is 25.6. The second-order valence-electron chi connectivity index (χ2n) is 14.3. The van der Waals surface area contributed by atoms with Gasteiger partial charge >= 0.3 is 23.9 Å². The number of aliphatic hydroxyl groups is 2. The Morgan fingerprint density at radius 2 is 1.59 bits per heavy atom. The van der Waals surface area contributed by atoms with Crippen molar-refractivity contribution in [2.45, 2.75) is 82.3 Å². The van der Waals surface area contributed by atoms with Crippen LogP contribution in [0.15, 0.2) is 60.7 Å². The molecule has 6 aliphatic rings. The van der Waals surface area contributed by atoms with Crippen molar-refractivity contribution >= 4 is 23.9 Å². The number of hydrogen-bond acceptors (Lipinski definition) is 12. The van der Waals surface area contributed by atoms with Crippen LogP contribution in [0.25, 0.3) is 0 Å². The highest BCUT2D eigenvalue weighted by Gasteiger charge is 3.05. The van der Waals surface area contributed by atoms with Gasteiger partial charge in [-0.15, -0.1) is 0 Å². The number of rotatable bonds is 5. The molecule has 2 saturated carbocycles. The lowest BCUT2D eigenvalue weighted by Crippen LogP contribution is -2.74. The molecule has 12 heteroatoms. The second kappa shape index (κ2) is 9.15. The molecular formula is C34H34O12. The highest BCUT2D eigenvalue weighted by molar-refractivity contribution is 5.94. The molecule has 0 amide bonds. The predicted molar refractivity (Wildman–Crippen MR) is 152 cm³/mol. The van der Waals surface area contributed by atoms with E-state index in [-0.39, 0.29) is 12.2 Å². The fraction of sp³-hybridized carbons (Fsp3) is 0.529. The van der Waals surface area contributed by atoms with E-state index >= 15 is 0 Å². The van der Waals surface area contributed by atoms with Gasteiger partial charge in [-0.3, -0.25) is 4.79 Å². The van der Waals surface area contributed by atoms with E-state index in [2.05, 4.69) is 0 Å². The van der Waals surface area contributed by atoms with Crippen LogP contribution in [-0.2, 0) is 49.4 Å². The molecule has 4 aliphatic heterocycles. The first-order valence-corrected chi connectivity index (χ1v) is 15.4. The number of fused-ring (bicyclic) bond motifs is 2. The van der Waals surface area contributed by atoms with Gasteiger partial charge in [0.25, 0.3) is 0 Å². The number of carbonyl (C=O) groups is 4. The van der Waals surface area contributed by atoms with Crippen LogP contribution in [0, 0.1) is 28.1 Å². The van der Waals surface area contributed by atoms with Crippen LogP contribution in [0.5, 0.6) is 0 Å². The molecule has 0 radical (unpaired) electrons. The van der Waals surface area contributed by atoms with Crippen LogP contribution in [-0.4, -0.2) is 82.1 Å². The molecule has 2 N–H and O–H groups in total. The number of esters is 4. The van der Waals surface area contributed by atoms with Gasteiger partial charge in [0.15, 0.2) is 23.9 Å². The Balaban J connectivity index is 1.40. The predicted octanol–water partition coefficient (Wildman–Crippen LogP) is 1.69. The molecule has 12 atom stereocenters. The van der Waals surface area contributed by atoms with Crippen LogP contribution in [0.1, 0.15) is 43.6 Å². The highest BCUT2D eigenvalue weighted by Crippen LogP contribution is 2.84. The molecule has 4 heterocycles. The van der Waals surface area contributed by atoms with Crippen molar-refractivity contribution in [3.63, 3.8) is 0 Å². The maximum absolute atomic E-state index is 14.5. The smallest absolute Gasteiger partial charge is 0.343 e. The first-order valence-electron chi connectivity index (χ1n) is 15.4. The van der Waals surface area contributed by atoms with E-state index < -0.39 is 100.0 Å². The summed E-state index contributed by atoms with van der Waals surface area (Å²) in [6.07, 6.45) is -9.33. The first-order chi connectivity index (χ1) is 21.8. The van der Waals surface area contributed by atoms with E-state index in [1.165, 1.54) is 6.92 Å². The average Bonchev–Trinajstić information content (AvgIpc) is 3.64. The lowest BCUT2D eigenvalue weighted by atomic mass is 9.50. The summed E-state index contributed by atoms with van der Waals surface area (Å²) in [6, 6.07) is 17.2. The van der Waals surface area contributed by atoms with E-state index in [1.54, 1.807) is 30.3 Å². The molecule has 2 aliphatic carbocycles. The van der Waals surface area contributed by atoms with E-state index in [4.69, 9.17) is 28.4 Å². The monoisotopic (exact) mass is 634 g/mol. The summed E-state index contributed by atoms with van der Waals surface area (Å²) in [5.74, 6) is -5.83. The fourth-order valence-electron chi connectivity index (χ4n) is 10.1. The number of hydrogen-bond donors (Lipinski definition) is 2. The van der Waals surface area contributed by atoms with Crippen molar-refractivity contribution in [1.29, 1.82) is 0 Å². The largest absolute Gasteiger partial charge is 0.456 e. The minimum Gasteiger partial charge on any atom is -0.456 e. The summed E-state index contributed by atoms with van der Waals surface area (Å²) >= 11 is 0. The van der Waals surface area contributed by atoms with Gasteiger partial charge in [0, 0.05) is 5.92 Å². The molecule has 242 valence electrons. The second-order valence-corrected chi connectivity index (χ2v) is 14.3. The number of aliphatic hydroxyl groups excluding tert-OH is 1. The Hall–Kier alpha value is -3.84. The standard InChI is InChI=1S/C34H34O12/c1-16-25(36)44-23-21(35)32-22(43-26(37)18-13-9-6-10-14-18)19-20(30(2,3)4)31(32)24(41-15-17-11-7-5-8-12-17)27(38)45-29(31)46-34(32,28(39)42-19)33(16,23)40/h5-14,16,19-24,29,35,40H,15H2,1-4H3/t16-,19-,20+,21+,22?,23+,24+,29?,31?,32?,33-,34+/m1/s1. The summed E-state index contributed by atoms with van der Waals surface area (Å²) in [6.45, 7) is 6.89. The van der Waals surface area contributed by atoms with Crippen LogP contribution in [0.4, 0.5) is 0 Å². The molecule has 4 unspecified atom stereocenters. The van der Waals surface area contributed by atoms with Crippen LogP contribution < -0.4 is 0 Å². The Kier molecular flexibility index (Phi) is 5.88. The highest BCUT2D eigenvalue weighted by atomic mass is 16.8. The van der Waals surface area contributed by atoms with Gasteiger partial charge in [0.2, 0.25) is 11.9 Å². The molecule has 12 nitrogen and oxygen atoms in total. The third-order valence-corrected chi connectivity index (χ3v) is 11.4. The molecule has 2 aromatic carbocycles. The summed E-state index contributed by atoms with van der Waals surface area (Å²) in [7, 11) is 0. The lowest BCUT2D eigenvalue weighted by Gasteiger charge is -2.51. The summed E-state index contributed by atoms with van der Waals surface area (Å²) in [5.41, 5.74) is -8.89. The van der Waals surface area contributed by atoms with Gasteiger partial charge in [-0.1, -0.05) is 69.3 Å². The number of carbonyl (C=O) groups excluding carboxylic acids is 4. The van der Waals surface area contributed by atoms with Gasteiger partial charge in [0.05, 0.1) is 28.9 Å². The van der Waals surface area contributed by atoms with Crippen molar-refractivity contribution in [3.8, 4) is 0 Å². The van der Waals surface area contributed by atoms with Crippen LogP contribution >= 0.6 is 0 Å². The third kappa shape index (κ3) is 3.00. The molecule has 2 aromatic rings. The molecule has 46 heavy (non-hydrogen) atoms. The molecule has 2 spiro atoms. The molecule has 4 saturated heterocycles. The van der Waals surface area contributed by atoms with E-state index in [0.29, 0.717) is 0 Å². The quantitative estimate of drug-likeness (QED) is 0.362. The molecular weight excluding hydrogens is 600 g/mol. The topological polar surface area (TPSA) is 164 Å². The van der Waals surface area contributed by atoms with Crippen molar-refractivity contribution in [1.82, 2.24) is 0 Å². The lowest BCUT2D eigenvalue weighted by molar-refractivity contribution is -0.281. The maximum Gasteiger partial charge on any atom is 0.343 e. The van der Waals surface area contributed by atoms with Gasteiger partial charge in [-0.05, 0) is 30.0 Å². The summed E-state index contributed by atoms with van der Waals surface area (Å²) in [5, 5.41) is 25.2. The minimum atomic E-state index is -2.56. The Morgan fingerprint density at radius 3 is 2.24 bits per heavy atom. The first kappa shape index (κ1) is 29.6. The van der Waals surface area contributed by atoms with E-state index in [0.717, 1.165) is 5.56 Å². The normalized spacial score (nSPS) is 44.6. The SMILES string of the molecule is C[C@@H]1C(=O)O[C@H]2[C@H](O)C34C(OC(=O)c5ccccc5)[C@@H]5OC(=O)[C@@]3(OC3OC(=O)[C@H](OCc6ccccc6)C34[C@@H]5C(C)(C)C)[C@@]12O. The summed E-state index contributed by atoms with van der Waals surface area (Å²) < 4.78 is 36.9. The van der Waals surface area contributed by atoms with Crippen LogP contribution in [0.2, 0.25) is 0 Å². The zero-order valence-electron chi connectivity index (χ0n) is 25.6. The Bertz CT molecular complexity index is 1650. The minimum absolute atomic E-state index is 0.0574. The van der Waals surface area contributed by atoms with E-state index in [9.17, 15) is 29.4 Å². The van der Waals surface area contributed by atoms with Crippen molar-refractivity contribution in [2.75, 3.05) is 0 Å². The average molecular weight is 635 g/mol. The molecule has 8 rings (SSSR count). The summed E-state index contributed by atoms with van der Waals surface area (Å²) in [4.78, 5) is 55.3. The van der Waals surface area contributed by atoms with Gasteiger partial charge in [0.1, 0.15) is 12.2 Å². The zero-order chi connectivity index (χ0) is 32.6. The third-order valence-electron chi connectivity index (χ3n) is 11.4. The fourth-order valence-corrected chi connectivity index (χ4v) is 10.1. The molecule has 2 bridgehead atoms. The van der Waals surface area contributed by atoms with Gasteiger partial charge in [-0.2, -0.15) is 0 Å². The van der Waals surface area contributed by atoms with Crippen molar-refractivity contribution < 1.29 is 57.8 Å². The molecule has 6 fully saturated rings. The Morgan fingerprint density at radius 1 is 0.935 bits per heavy atom. The van der Waals surface area contributed by atoms with Crippen LogP contribution in [0.3, 0.4) is 0 Å². The number of benzene rings is 2. The van der Waals surface area contributed by atoms with Crippen molar-refractivity contribution in [3.05, 3.63) is 71.8 Å². The number of ether oxygens (including phenoxy) is 6. The van der Waals surface area contributed by atoms with Crippen molar-refractivity contribution in [2.24, 2.45) is 28.1 Å². The Labute approximate surface area is 263 Å². The van der Waals surface area contributed by atoms with E-state index in [1.807, 2.05) is 51.1 Å². The maximum atomic E-state index is 14.5.